The molecule has 0 fully saturated rings. The number of ether oxygens (including phenoxy) is 2. The van der Waals surface area contributed by atoms with Crippen molar-refractivity contribution in [3.63, 3.8) is 0 Å². The lowest BCUT2D eigenvalue weighted by atomic mass is 10.0. The van der Waals surface area contributed by atoms with E-state index in [1.807, 2.05) is 86.8 Å². The van der Waals surface area contributed by atoms with E-state index in [2.05, 4.69) is 0 Å². The van der Waals surface area contributed by atoms with Gasteiger partial charge in [0, 0.05) is 31.4 Å². The average molecular weight is 549 g/mol. The third-order valence-electron chi connectivity index (χ3n) is 6.52. The fourth-order valence-corrected chi connectivity index (χ4v) is 5.05. The number of benzene rings is 2. The largest absolute Gasteiger partial charge is 0.495 e. The third-order valence-corrected chi connectivity index (χ3v) is 6.77. The van der Waals surface area contributed by atoms with Crippen molar-refractivity contribution in [3.8, 4) is 5.75 Å². The van der Waals surface area contributed by atoms with E-state index in [1.165, 1.54) is 13.2 Å². The molecule has 0 N–H and O–H groups in total. The predicted octanol–water partition coefficient (Wildman–Crippen LogP) is 5.82. The van der Waals surface area contributed by atoms with Crippen LogP contribution in [0.15, 0.2) is 60.5 Å². The van der Waals surface area contributed by atoms with Gasteiger partial charge >= 0.3 is 0 Å². The molecule has 4 rings (SSSR count). The summed E-state index contributed by atoms with van der Waals surface area (Å²) >= 11 is 6.24. The SMILES string of the molecule is COC(=C/N(C)C)/C(=C\C=O)c1nc2c(n1C(C)C)C(c1ccc(Cl)cc1)N(c1cc(C)ccc1OC)C2=O. The molecule has 8 nitrogen and oxygen atoms in total. The smallest absolute Gasteiger partial charge is 0.279 e. The number of hydrogen-bond donors (Lipinski definition) is 0. The van der Waals surface area contributed by atoms with Gasteiger partial charge in [-0.25, -0.2) is 4.98 Å². The first-order chi connectivity index (χ1) is 18.6. The highest BCUT2D eigenvalue weighted by atomic mass is 35.5. The Morgan fingerprint density at radius 3 is 2.38 bits per heavy atom. The number of aryl methyl sites for hydroxylation is 1. The quantitative estimate of drug-likeness (QED) is 0.145. The summed E-state index contributed by atoms with van der Waals surface area (Å²) in [4.78, 5) is 34.4. The van der Waals surface area contributed by atoms with Crippen molar-refractivity contribution >= 4 is 35.1 Å². The number of carbonyl (C=O) groups excluding carboxylic acids is 2. The number of imidazole rings is 1. The molecule has 3 aromatic rings. The molecule has 1 aromatic heterocycles. The number of amides is 1. The van der Waals surface area contributed by atoms with E-state index in [-0.39, 0.29) is 11.9 Å². The number of nitrogens with zero attached hydrogens (tertiary/aromatic N) is 4. The van der Waals surface area contributed by atoms with Crippen LogP contribution < -0.4 is 9.64 Å². The molecule has 2 heterocycles. The number of aromatic nitrogens is 2. The van der Waals surface area contributed by atoms with E-state index in [9.17, 15) is 9.59 Å². The fourth-order valence-electron chi connectivity index (χ4n) is 4.92. The van der Waals surface area contributed by atoms with Crippen molar-refractivity contribution < 1.29 is 19.1 Å². The molecule has 1 aliphatic heterocycles. The second kappa shape index (κ2) is 11.4. The molecule has 204 valence electrons. The van der Waals surface area contributed by atoms with Crippen LogP contribution in [0.4, 0.5) is 5.69 Å². The number of anilines is 1. The van der Waals surface area contributed by atoms with E-state index < -0.39 is 6.04 Å². The summed E-state index contributed by atoms with van der Waals surface area (Å²) in [6, 6.07) is 12.6. The lowest BCUT2D eigenvalue weighted by Crippen LogP contribution is -2.31. The van der Waals surface area contributed by atoms with Gasteiger partial charge in [-0.2, -0.15) is 0 Å². The zero-order chi connectivity index (χ0) is 28.4. The maximum atomic E-state index is 14.2. The van der Waals surface area contributed by atoms with Crippen LogP contribution in [-0.4, -0.2) is 55.0 Å². The van der Waals surface area contributed by atoms with Gasteiger partial charge in [-0.1, -0.05) is 29.8 Å². The van der Waals surface area contributed by atoms with Gasteiger partial charge in [0.1, 0.15) is 29.7 Å². The number of methoxy groups -OCH3 is 2. The summed E-state index contributed by atoms with van der Waals surface area (Å²) in [5, 5.41) is 0.593. The lowest BCUT2D eigenvalue weighted by Gasteiger charge is -2.30. The molecule has 0 spiro atoms. The Hall–Kier alpha value is -4.04. The van der Waals surface area contributed by atoms with Crippen LogP contribution >= 0.6 is 11.6 Å². The summed E-state index contributed by atoms with van der Waals surface area (Å²) in [6.45, 7) is 6.01. The molecular formula is C30H33ClN4O4. The van der Waals surface area contributed by atoms with Gasteiger partial charge in [0.15, 0.2) is 5.69 Å². The highest BCUT2D eigenvalue weighted by molar-refractivity contribution is 6.30. The third kappa shape index (κ3) is 5.16. The Morgan fingerprint density at radius 1 is 1.13 bits per heavy atom. The van der Waals surface area contributed by atoms with Crippen LogP contribution in [0.2, 0.25) is 5.02 Å². The Bertz CT molecular complexity index is 1450. The van der Waals surface area contributed by atoms with Crippen LogP contribution in [0, 0.1) is 6.92 Å². The molecule has 1 atom stereocenters. The van der Waals surface area contributed by atoms with E-state index >= 15 is 0 Å². The van der Waals surface area contributed by atoms with Crippen LogP contribution in [0.5, 0.6) is 5.75 Å². The highest BCUT2D eigenvalue weighted by Crippen LogP contribution is 2.47. The molecular weight excluding hydrogens is 516 g/mol. The standard InChI is InChI=1S/C30H33ClN4O4/c1-18(2)34-28-26(32-29(34)22(14-15-36)25(39-7)17-33(4)5)30(37)35(23-16-19(3)8-13-24(23)38-6)27(28)20-9-11-21(31)12-10-20/h8-18,27H,1-7H3/b22-14+,25-17+. The second-order valence-electron chi connectivity index (χ2n) is 9.82. The molecule has 1 amide bonds. The van der Waals surface area contributed by atoms with E-state index in [0.29, 0.717) is 51.3 Å². The summed E-state index contributed by atoms with van der Waals surface area (Å²) in [5.41, 5.74) is 3.99. The molecule has 0 radical (unpaired) electrons. The predicted molar refractivity (Wildman–Crippen MR) is 153 cm³/mol. The molecule has 0 saturated carbocycles. The van der Waals surface area contributed by atoms with Gasteiger partial charge < -0.3 is 18.9 Å². The number of halogens is 1. The minimum absolute atomic E-state index is 0.106. The fraction of sp³-hybridized carbons (Fsp3) is 0.300. The highest BCUT2D eigenvalue weighted by Gasteiger charge is 2.46. The van der Waals surface area contributed by atoms with Gasteiger partial charge in [0.05, 0.1) is 31.2 Å². The zero-order valence-corrected chi connectivity index (χ0v) is 24.0. The number of aldehydes is 1. The first-order valence-corrected chi connectivity index (χ1v) is 12.9. The van der Waals surface area contributed by atoms with Crippen molar-refractivity contribution in [2.24, 2.45) is 0 Å². The number of fused-ring (bicyclic) bond motifs is 1. The van der Waals surface area contributed by atoms with Crippen LogP contribution in [0.25, 0.3) is 5.57 Å². The molecule has 39 heavy (non-hydrogen) atoms. The lowest BCUT2D eigenvalue weighted by molar-refractivity contribution is -0.104. The van der Waals surface area contributed by atoms with E-state index in [1.54, 1.807) is 18.2 Å². The van der Waals surface area contributed by atoms with Crippen molar-refractivity contribution in [1.29, 1.82) is 0 Å². The van der Waals surface area contributed by atoms with Crippen LogP contribution in [0.1, 0.15) is 59.1 Å². The Kier molecular flexibility index (Phi) is 8.16. The topological polar surface area (TPSA) is 76.9 Å². The van der Waals surface area contributed by atoms with Gasteiger partial charge in [-0.3, -0.25) is 14.5 Å². The summed E-state index contributed by atoms with van der Waals surface area (Å²) in [6.07, 6.45) is 3.88. The molecule has 0 bridgehead atoms. The van der Waals surface area contributed by atoms with Crippen molar-refractivity contribution in [2.75, 3.05) is 33.2 Å². The molecule has 0 saturated heterocycles. The van der Waals surface area contributed by atoms with Crippen LogP contribution in [0.3, 0.4) is 0 Å². The van der Waals surface area contributed by atoms with E-state index in [0.717, 1.165) is 11.1 Å². The van der Waals surface area contributed by atoms with Crippen molar-refractivity contribution in [1.82, 2.24) is 14.5 Å². The zero-order valence-electron chi connectivity index (χ0n) is 23.2. The number of carbonyl (C=O) groups is 2. The monoisotopic (exact) mass is 548 g/mol. The number of hydrogen-bond acceptors (Lipinski definition) is 6. The molecule has 1 aliphatic rings. The normalized spacial score (nSPS) is 15.6. The molecule has 0 aliphatic carbocycles. The maximum Gasteiger partial charge on any atom is 0.279 e. The summed E-state index contributed by atoms with van der Waals surface area (Å²) < 4.78 is 13.3. The van der Waals surface area contributed by atoms with Gasteiger partial charge in [0.2, 0.25) is 0 Å². The minimum Gasteiger partial charge on any atom is -0.495 e. The second-order valence-corrected chi connectivity index (χ2v) is 10.3. The molecule has 2 aromatic carbocycles. The average Bonchev–Trinajstić information content (AvgIpc) is 3.41. The van der Waals surface area contributed by atoms with Crippen molar-refractivity contribution in [2.45, 2.75) is 32.9 Å². The van der Waals surface area contributed by atoms with Gasteiger partial charge in [-0.15, -0.1) is 0 Å². The first kappa shape index (κ1) is 28.0. The van der Waals surface area contributed by atoms with Gasteiger partial charge in [-0.05, 0) is 62.2 Å². The minimum atomic E-state index is -0.523. The first-order valence-electron chi connectivity index (χ1n) is 12.6. The number of rotatable bonds is 9. The summed E-state index contributed by atoms with van der Waals surface area (Å²) in [5.74, 6) is 1.23. The molecule has 9 heteroatoms. The van der Waals surface area contributed by atoms with Crippen molar-refractivity contribution in [3.05, 3.63) is 93.9 Å². The maximum absolute atomic E-state index is 14.2. The van der Waals surface area contributed by atoms with Crippen LogP contribution in [-0.2, 0) is 9.53 Å². The van der Waals surface area contributed by atoms with E-state index in [4.69, 9.17) is 26.1 Å². The Morgan fingerprint density at radius 2 is 1.82 bits per heavy atom. The van der Waals surface area contributed by atoms with Gasteiger partial charge in [0.25, 0.3) is 5.91 Å². The summed E-state index contributed by atoms with van der Waals surface area (Å²) in [7, 11) is 6.85. The Balaban J connectivity index is 2.05. The number of allylic oxidation sites excluding steroid dienone is 2. The molecule has 1 unspecified atom stereocenters. The Labute approximate surface area is 234 Å².